The maximum absolute atomic E-state index is 4.48. The summed E-state index contributed by atoms with van der Waals surface area (Å²) in [4.78, 5) is 4.48. The Bertz CT molecular complexity index is 555. The molecule has 0 atom stereocenters. The average molecular weight is 267 g/mol. The Kier molecular flexibility index (Phi) is 2.98. The van der Waals surface area contributed by atoms with Crippen LogP contribution in [-0.4, -0.2) is 16.1 Å². The van der Waals surface area contributed by atoms with Crippen LogP contribution in [0, 0.1) is 17.8 Å². The molecule has 4 rings (SSSR count). The van der Waals surface area contributed by atoms with Crippen LogP contribution in [0.5, 0.6) is 0 Å². The summed E-state index contributed by atoms with van der Waals surface area (Å²) in [7, 11) is 0. The molecular formula is C17H21N3. The van der Waals surface area contributed by atoms with E-state index >= 15 is 0 Å². The molecule has 1 N–H and O–H groups in total. The first-order valence-corrected chi connectivity index (χ1v) is 7.74. The number of anilines is 1. The Morgan fingerprint density at radius 3 is 2.45 bits per heavy atom. The van der Waals surface area contributed by atoms with Crippen molar-refractivity contribution >= 4 is 5.95 Å². The van der Waals surface area contributed by atoms with E-state index in [0.717, 1.165) is 30.2 Å². The van der Waals surface area contributed by atoms with E-state index in [2.05, 4.69) is 39.1 Å². The number of nitrogens with one attached hydrogen (secondary N) is 1. The predicted molar refractivity (Wildman–Crippen MR) is 81.0 cm³/mol. The zero-order valence-corrected chi connectivity index (χ0v) is 11.7. The maximum Gasteiger partial charge on any atom is 0.207 e. The molecule has 2 aliphatic rings. The normalized spacial score (nSPS) is 18.4. The van der Waals surface area contributed by atoms with Crippen LogP contribution in [0.1, 0.15) is 25.7 Å². The van der Waals surface area contributed by atoms with Gasteiger partial charge in [-0.1, -0.05) is 18.2 Å². The Morgan fingerprint density at radius 1 is 1.10 bits per heavy atom. The summed E-state index contributed by atoms with van der Waals surface area (Å²) in [6, 6.07) is 10.4. The van der Waals surface area contributed by atoms with Crippen molar-refractivity contribution in [3.05, 3.63) is 42.7 Å². The number of imidazole rings is 1. The minimum atomic E-state index is 0.871. The molecule has 1 aromatic heterocycles. The Hall–Kier alpha value is -1.77. The van der Waals surface area contributed by atoms with Gasteiger partial charge in [-0.3, -0.25) is 4.57 Å². The SMILES string of the molecule is c1ccc(-n2ccnc2NCC(C2CC2)C2CC2)cc1. The lowest BCUT2D eigenvalue weighted by Gasteiger charge is -2.17. The van der Waals surface area contributed by atoms with Gasteiger partial charge in [-0.25, -0.2) is 4.98 Å². The summed E-state index contributed by atoms with van der Waals surface area (Å²) in [5.41, 5.74) is 1.17. The molecule has 2 fully saturated rings. The minimum absolute atomic E-state index is 0.871. The fraction of sp³-hybridized carbons (Fsp3) is 0.471. The van der Waals surface area contributed by atoms with Crippen LogP contribution in [0.4, 0.5) is 5.95 Å². The van der Waals surface area contributed by atoms with Gasteiger partial charge in [-0.2, -0.15) is 0 Å². The predicted octanol–water partition coefficient (Wildman–Crippen LogP) is 3.72. The van der Waals surface area contributed by atoms with E-state index < -0.39 is 0 Å². The Labute approximate surface area is 120 Å². The summed E-state index contributed by atoms with van der Waals surface area (Å²) in [6.07, 6.45) is 9.66. The molecule has 0 unspecified atom stereocenters. The lowest BCUT2D eigenvalue weighted by Crippen LogP contribution is -2.20. The van der Waals surface area contributed by atoms with Crippen molar-refractivity contribution in [2.24, 2.45) is 17.8 Å². The third-order valence-corrected chi connectivity index (χ3v) is 4.63. The van der Waals surface area contributed by atoms with Crippen LogP contribution >= 0.6 is 0 Å². The van der Waals surface area contributed by atoms with E-state index in [4.69, 9.17) is 0 Å². The lowest BCUT2D eigenvalue weighted by molar-refractivity contribution is 0.427. The quantitative estimate of drug-likeness (QED) is 0.864. The molecule has 0 bridgehead atoms. The van der Waals surface area contributed by atoms with E-state index in [0.29, 0.717) is 0 Å². The Balaban J connectivity index is 1.48. The highest BCUT2D eigenvalue weighted by molar-refractivity contribution is 5.41. The van der Waals surface area contributed by atoms with Crippen LogP contribution in [-0.2, 0) is 0 Å². The van der Waals surface area contributed by atoms with Gasteiger partial charge in [0.2, 0.25) is 5.95 Å². The molecule has 0 radical (unpaired) electrons. The summed E-state index contributed by atoms with van der Waals surface area (Å²) in [5.74, 6) is 3.81. The molecule has 104 valence electrons. The second kappa shape index (κ2) is 4.97. The van der Waals surface area contributed by atoms with Gasteiger partial charge in [0, 0.05) is 24.6 Å². The average Bonchev–Trinajstić information content (AvgIpc) is 3.40. The minimum Gasteiger partial charge on any atom is -0.355 e. The van der Waals surface area contributed by atoms with E-state index in [1.165, 1.54) is 31.4 Å². The van der Waals surface area contributed by atoms with E-state index in [1.807, 2.05) is 18.5 Å². The van der Waals surface area contributed by atoms with Crippen molar-refractivity contribution in [3.63, 3.8) is 0 Å². The molecule has 2 saturated carbocycles. The number of benzene rings is 1. The third-order valence-electron chi connectivity index (χ3n) is 4.63. The number of hydrogen-bond acceptors (Lipinski definition) is 2. The van der Waals surface area contributed by atoms with Crippen molar-refractivity contribution in [2.75, 3.05) is 11.9 Å². The first-order chi connectivity index (χ1) is 9.92. The largest absolute Gasteiger partial charge is 0.355 e. The maximum atomic E-state index is 4.48. The molecule has 3 nitrogen and oxygen atoms in total. The van der Waals surface area contributed by atoms with Crippen LogP contribution in [0.15, 0.2) is 42.7 Å². The van der Waals surface area contributed by atoms with Crippen LogP contribution in [0.2, 0.25) is 0 Å². The fourth-order valence-corrected chi connectivity index (χ4v) is 3.21. The van der Waals surface area contributed by atoms with E-state index in [1.54, 1.807) is 0 Å². The molecule has 0 saturated heterocycles. The van der Waals surface area contributed by atoms with Crippen LogP contribution in [0.25, 0.3) is 5.69 Å². The lowest BCUT2D eigenvalue weighted by atomic mass is 9.98. The van der Waals surface area contributed by atoms with E-state index in [9.17, 15) is 0 Å². The number of nitrogens with zero attached hydrogens (tertiary/aromatic N) is 2. The van der Waals surface area contributed by atoms with Crippen molar-refractivity contribution in [3.8, 4) is 5.69 Å². The van der Waals surface area contributed by atoms with Crippen LogP contribution in [0.3, 0.4) is 0 Å². The highest BCUT2D eigenvalue weighted by Gasteiger charge is 2.41. The molecule has 2 aromatic rings. The van der Waals surface area contributed by atoms with E-state index in [-0.39, 0.29) is 0 Å². The molecule has 1 heterocycles. The van der Waals surface area contributed by atoms with Gasteiger partial charge in [0.15, 0.2) is 0 Å². The van der Waals surface area contributed by atoms with Crippen molar-refractivity contribution in [1.82, 2.24) is 9.55 Å². The zero-order chi connectivity index (χ0) is 13.4. The van der Waals surface area contributed by atoms with Crippen LogP contribution < -0.4 is 5.32 Å². The molecule has 0 aliphatic heterocycles. The number of hydrogen-bond donors (Lipinski definition) is 1. The van der Waals surface area contributed by atoms with Gasteiger partial charge in [-0.05, 0) is 55.6 Å². The topological polar surface area (TPSA) is 29.9 Å². The second-order valence-corrected chi connectivity index (χ2v) is 6.18. The molecule has 0 amide bonds. The number of aromatic nitrogens is 2. The number of rotatable bonds is 6. The van der Waals surface area contributed by atoms with Crippen molar-refractivity contribution < 1.29 is 0 Å². The van der Waals surface area contributed by atoms with Gasteiger partial charge < -0.3 is 5.32 Å². The summed E-state index contributed by atoms with van der Waals surface area (Å²) in [6.45, 7) is 1.08. The first-order valence-electron chi connectivity index (χ1n) is 7.74. The Morgan fingerprint density at radius 2 is 1.80 bits per heavy atom. The second-order valence-electron chi connectivity index (χ2n) is 6.18. The first kappa shape index (κ1) is 12.0. The fourth-order valence-electron chi connectivity index (χ4n) is 3.21. The monoisotopic (exact) mass is 267 g/mol. The number of para-hydroxylation sites is 1. The molecule has 1 aromatic carbocycles. The summed E-state index contributed by atoms with van der Waals surface area (Å²) >= 11 is 0. The standard InChI is InChI=1S/C17H21N3/c1-2-4-15(5-3-1)20-11-10-18-17(20)19-12-16(13-6-7-13)14-8-9-14/h1-5,10-11,13-14,16H,6-9,12H2,(H,18,19). The highest BCUT2D eigenvalue weighted by Crippen LogP contribution is 2.49. The van der Waals surface area contributed by atoms with Gasteiger partial charge in [0.1, 0.15) is 0 Å². The van der Waals surface area contributed by atoms with Gasteiger partial charge in [-0.15, -0.1) is 0 Å². The molecular weight excluding hydrogens is 246 g/mol. The smallest absolute Gasteiger partial charge is 0.207 e. The summed E-state index contributed by atoms with van der Waals surface area (Å²) < 4.78 is 2.14. The van der Waals surface area contributed by atoms with Crippen molar-refractivity contribution in [2.45, 2.75) is 25.7 Å². The van der Waals surface area contributed by atoms with Gasteiger partial charge in [0.05, 0.1) is 0 Å². The molecule has 2 aliphatic carbocycles. The molecule has 0 spiro atoms. The van der Waals surface area contributed by atoms with Gasteiger partial charge in [0.25, 0.3) is 0 Å². The van der Waals surface area contributed by atoms with Crippen molar-refractivity contribution in [1.29, 1.82) is 0 Å². The summed E-state index contributed by atoms with van der Waals surface area (Å²) in [5, 5.41) is 3.59. The third kappa shape index (κ3) is 2.45. The molecule has 3 heteroatoms. The molecule has 20 heavy (non-hydrogen) atoms. The zero-order valence-electron chi connectivity index (χ0n) is 11.7. The van der Waals surface area contributed by atoms with Gasteiger partial charge >= 0.3 is 0 Å². The highest BCUT2D eigenvalue weighted by atomic mass is 15.2.